The molecule has 2 rings (SSSR count). The summed E-state index contributed by atoms with van der Waals surface area (Å²) in [5, 5.41) is 0. The molecule has 1 saturated heterocycles. The van der Waals surface area contributed by atoms with E-state index in [1.54, 1.807) is 18.1 Å². The molecular formula is C15H21N3O3. The van der Waals surface area contributed by atoms with Crippen LogP contribution in [0.2, 0.25) is 0 Å². The van der Waals surface area contributed by atoms with E-state index in [1.165, 1.54) is 4.90 Å². The van der Waals surface area contributed by atoms with Crippen molar-refractivity contribution >= 4 is 17.7 Å². The first-order valence-corrected chi connectivity index (χ1v) is 6.89. The first kappa shape index (κ1) is 15.3. The topological polar surface area (TPSA) is 62.7 Å². The highest BCUT2D eigenvalue weighted by Gasteiger charge is 2.41. The minimum atomic E-state index is -0.599. The van der Waals surface area contributed by atoms with Crippen molar-refractivity contribution in [3.8, 4) is 0 Å². The number of anilines is 1. The summed E-state index contributed by atoms with van der Waals surface area (Å²) in [7, 11) is 1.61. The Morgan fingerprint density at radius 1 is 1.38 bits per heavy atom. The van der Waals surface area contributed by atoms with Gasteiger partial charge in [0.15, 0.2) is 0 Å². The van der Waals surface area contributed by atoms with Gasteiger partial charge in [0.1, 0.15) is 11.6 Å². The summed E-state index contributed by atoms with van der Waals surface area (Å²) >= 11 is 0. The Bertz CT molecular complexity index is 548. The Balaban J connectivity index is 2.16. The Hall–Kier alpha value is -2.11. The molecule has 1 aliphatic heterocycles. The van der Waals surface area contributed by atoms with Crippen LogP contribution < -0.4 is 4.90 Å². The number of esters is 1. The summed E-state index contributed by atoms with van der Waals surface area (Å²) in [5.41, 5.74) is 0.991. The molecule has 0 aromatic carbocycles. The van der Waals surface area contributed by atoms with Gasteiger partial charge in [0.25, 0.3) is 0 Å². The SMILES string of the molecule is Cc1ccc(N2CC(C(=O)OC(C)(C)C)N(C)C2=O)cn1. The number of aryl methyl sites for hydroxylation is 1. The molecule has 0 saturated carbocycles. The van der Waals surface area contributed by atoms with Crippen LogP contribution in [0.3, 0.4) is 0 Å². The first-order chi connectivity index (χ1) is 9.69. The van der Waals surface area contributed by atoms with Gasteiger partial charge in [-0.05, 0) is 39.8 Å². The number of nitrogens with zero attached hydrogens (tertiary/aromatic N) is 3. The maximum absolute atomic E-state index is 12.3. The minimum absolute atomic E-state index is 0.225. The van der Waals surface area contributed by atoms with Gasteiger partial charge in [0, 0.05) is 12.7 Å². The molecule has 2 heterocycles. The van der Waals surface area contributed by atoms with Gasteiger partial charge >= 0.3 is 12.0 Å². The Kier molecular flexibility index (Phi) is 3.89. The maximum atomic E-state index is 12.3. The van der Waals surface area contributed by atoms with E-state index in [4.69, 9.17) is 4.74 Å². The molecule has 0 bridgehead atoms. The third-order valence-corrected chi connectivity index (χ3v) is 3.24. The molecule has 1 aromatic heterocycles. The number of amides is 2. The number of carbonyl (C=O) groups excluding carboxylic acids is 2. The number of rotatable bonds is 2. The van der Waals surface area contributed by atoms with Crippen LogP contribution >= 0.6 is 0 Å². The van der Waals surface area contributed by atoms with Gasteiger partial charge in [0.2, 0.25) is 0 Å². The van der Waals surface area contributed by atoms with Crippen molar-refractivity contribution in [3.05, 3.63) is 24.0 Å². The van der Waals surface area contributed by atoms with E-state index in [-0.39, 0.29) is 18.5 Å². The number of likely N-dealkylation sites (N-methyl/N-ethyl adjacent to an activating group) is 1. The number of hydrogen-bond donors (Lipinski definition) is 0. The van der Waals surface area contributed by atoms with Gasteiger partial charge in [-0.2, -0.15) is 0 Å². The van der Waals surface area contributed by atoms with Gasteiger partial charge in [-0.15, -0.1) is 0 Å². The van der Waals surface area contributed by atoms with Crippen LogP contribution in [0.15, 0.2) is 18.3 Å². The molecule has 0 radical (unpaired) electrons. The Labute approximate surface area is 124 Å². The van der Waals surface area contributed by atoms with Crippen molar-refractivity contribution in [1.29, 1.82) is 0 Å². The van der Waals surface area contributed by atoms with Crippen molar-refractivity contribution in [3.63, 3.8) is 0 Å². The molecule has 1 fully saturated rings. The molecule has 1 aromatic rings. The van der Waals surface area contributed by atoms with Crippen molar-refractivity contribution in [2.75, 3.05) is 18.5 Å². The van der Waals surface area contributed by atoms with E-state index in [9.17, 15) is 9.59 Å². The van der Waals surface area contributed by atoms with E-state index in [1.807, 2.05) is 39.8 Å². The molecule has 0 N–H and O–H groups in total. The lowest BCUT2D eigenvalue weighted by atomic mass is 10.2. The summed E-state index contributed by atoms with van der Waals surface area (Å²) in [6.07, 6.45) is 1.64. The molecular weight excluding hydrogens is 270 g/mol. The van der Waals surface area contributed by atoms with Crippen molar-refractivity contribution in [2.45, 2.75) is 39.3 Å². The number of aromatic nitrogens is 1. The number of urea groups is 1. The summed E-state index contributed by atoms with van der Waals surface area (Å²) in [5.74, 6) is -0.388. The lowest BCUT2D eigenvalue weighted by molar-refractivity contribution is -0.158. The molecule has 114 valence electrons. The molecule has 0 aliphatic carbocycles. The zero-order chi connectivity index (χ0) is 15.8. The van der Waals surface area contributed by atoms with Crippen LogP contribution in [0.1, 0.15) is 26.5 Å². The van der Waals surface area contributed by atoms with E-state index in [2.05, 4.69) is 4.98 Å². The van der Waals surface area contributed by atoms with Gasteiger partial charge in [-0.1, -0.05) is 0 Å². The zero-order valence-electron chi connectivity index (χ0n) is 13.1. The van der Waals surface area contributed by atoms with Crippen molar-refractivity contribution < 1.29 is 14.3 Å². The average molecular weight is 291 g/mol. The number of ether oxygens (including phenoxy) is 1. The smallest absolute Gasteiger partial charge is 0.331 e. The third kappa shape index (κ3) is 3.32. The van der Waals surface area contributed by atoms with Gasteiger partial charge in [0.05, 0.1) is 18.4 Å². The fourth-order valence-corrected chi connectivity index (χ4v) is 2.14. The maximum Gasteiger partial charge on any atom is 0.331 e. The summed E-state index contributed by atoms with van der Waals surface area (Å²) < 4.78 is 5.37. The molecule has 1 aliphatic rings. The summed E-state index contributed by atoms with van der Waals surface area (Å²) in [6.45, 7) is 7.58. The summed E-state index contributed by atoms with van der Waals surface area (Å²) in [4.78, 5) is 31.6. The second-order valence-corrected chi connectivity index (χ2v) is 6.21. The Morgan fingerprint density at radius 2 is 2.05 bits per heavy atom. The molecule has 6 nitrogen and oxygen atoms in total. The fraction of sp³-hybridized carbons (Fsp3) is 0.533. The molecule has 1 atom stereocenters. The third-order valence-electron chi connectivity index (χ3n) is 3.24. The lowest BCUT2D eigenvalue weighted by Crippen LogP contribution is -2.40. The van der Waals surface area contributed by atoms with Crippen LogP contribution in [-0.4, -0.2) is 47.1 Å². The van der Waals surface area contributed by atoms with Gasteiger partial charge in [-0.25, -0.2) is 9.59 Å². The van der Waals surface area contributed by atoms with Crippen LogP contribution in [0.25, 0.3) is 0 Å². The Morgan fingerprint density at radius 3 is 2.57 bits per heavy atom. The number of pyridine rings is 1. The largest absolute Gasteiger partial charge is 0.458 e. The monoisotopic (exact) mass is 291 g/mol. The minimum Gasteiger partial charge on any atom is -0.458 e. The fourth-order valence-electron chi connectivity index (χ4n) is 2.14. The van der Waals surface area contributed by atoms with Crippen molar-refractivity contribution in [1.82, 2.24) is 9.88 Å². The second-order valence-electron chi connectivity index (χ2n) is 6.21. The highest BCUT2D eigenvalue weighted by molar-refractivity contribution is 5.99. The van der Waals surface area contributed by atoms with Gasteiger partial charge < -0.3 is 9.64 Å². The molecule has 6 heteroatoms. The quantitative estimate of drug-likeness (QED) is 0.782. The lowest BCUT2D eigenvalue weighted by Gasteiger charge is -2.24. The highest BCUT2D eigenvalue weighted by Crippen LogP contribution is 2.24. The average Bonchev–Trinajstić information content (AvgIpc) is 2.66. The first-order valence-electron chi connectivity index (χ1n) is 6.89. The zero-order valence-corrected chi connectivity index (χ0v) is 13.1. The van der Waals surface area contributed by atoms with Crippen LogP contribution in [0, 0.1) is 6.92 Å². The van der Waals surface area contributed by atoms with E-state index < -0.39 is 11.6 Å². The van der Waals surface area contributed by atoms with E-state index in [0.29, 0.717) is 5.69 Å². The molecule has 0 spiro atoms. The van der Waals surface area contributed by atoms with E-state index in [0.717, 1.165) is 5.69 Å². The highest BCUT2D eigenvalue weighted by atomic mass is 16.6. The number of hydrogen-bond acceptors (Lipinski definition) is 4. The molecule has 2 amide bonds. The normalized spacial score (nSPS) is 19.1. The second kappa shape index (κ2) is 5.35. The van der Waals surface area contributed by atoms with Gasteiger partial charge in [-0.3, -0.25) is 9.88 Å². The van der Waals surface area contributed by atoms with E-state index >= 15 is 0 Å². The molecule has 1 unspecified atom stereocenters. The van der Waals surface area contributed by atoms with Crippen LogP contribution in [-0.2, 0) is 9.53 Å². The predicted octanol–water partition coefficient (Wildman–Crippen LogP) is 1.97. The number of carbonyl (C=O) groups is 2. The van der Waals surface area contributed by atoms with Crippen LogP contribution in [0.4, 0.5) is 10.5 Å². The summed E-state index contributed by atoms with van der Waals surface area (Å²) in [6, 6.07) is 2.84. The predicted molar refractivity (Wildman–Crippen MR) is 79.1 cm³/mol. The van der Waals surface area contributed by atoms with Crippen molar-refractivity contribution in [2.24, 2.45) is 0 Å². The standard InChI is InChI=1S/C15H21N3O3/c1-10-6-7-11(8-16-10)18-9-12(17(5)14(18)20)13(19)21-15(2,3)4/h6-8,12H,9H2,1-5H3. The van der Waals surface area contributed by atoms with Crippen LogP contribution in [0.5, 0.6) is 0 Å². The molecule has 21 heavy (non-hydrogen) atoms.